The molecule has 1 aromatic heterocycles. The summed E-state index contributed by atoms with van der Waals surface area (Å²) < 4.78 is 5.13. The molecule has 0 spiro atoms. The van der Waals surface area contributed by atoms with Crippen molar-refractivity contribution in [3.8, 4) is 6.07 Å². The smallest absolute Gasteiger partial charge is 0.336 e. The van der Waals surface area contributed by atoms with Gasteiger partial charge in [-0.1, -0.05) is 0 Å². The fourth-order valence-electron chi connectivity index (χ4n) is 1.81. The Bertz CT molecular complexity index is 838. The lowest BCUT2D eigenvalue weighted by atomic mass is 10.1. The van der Waals surface area contributed by atoms with Crippen molar-refractivity contribution in [2.75, 3.05) is 5.32 Å². The van der Waals surface area contributed by atoms with Crippen molar-refractivity contribution in [1.29, 1.82) is 5.26 Å². The van der Waals surface area contributed by atoms with Gasteiger partial charge in [0.25, 0.3) is 5.91 Å². The van der Waals surface area contributed by atoms with Crippen molar-refractivity contribution < 1.29 is 9.21 Å². The lowest BCUT2D eigenvalue weighted by Gasteiger charge is -2.11. The number of nitrogens with one attached hydrogen (secondary N) is 3. The summed E-state index contributed by atoms with van der Waals surface area (Å²) in [5.74, 6) is -0.494. The number of hydrogen-bond donors (Lipinski definition) is 3. The van der Waals surface area contributed by atoms with Crippen LogP contribution in [0.1, 0.15) is 12.0 Å². The summed E-state index contributed by atoms with van der Waals surface area (Å²) in [6.45, 7) is 1.82. The zero-order chi connectivity index (χ0) is 16.1. The van der Waals surface area contributed by atoms with Gasteiger partial charge in [0.05, 0.1) is 6.07 Å². The molecule has 0 aliphatic heterocycles. The van der Waals surface area contributed by atoms with Crippen LogP contribution in [0.3, 0.4) is 0 Å². The van der Waals surface area contributed by atoms with Gasteiger partial charge < -0.3 is 9.73 Å². The molecule has 0 atom stereocenters. The predicted molar refractivity (Wildman–Crippen MR) is 85.0 cm³/mol. The van der Waals surface area contributed by atoms with E-state index in [4.69, 9.17) is 21.9 Å². The van der Waals surface area contributed by atoms with Gasteiger partial charge in [0.15, 0.2) is 5.11 Å². The van der Waals surface area contributed by atoms with Gasteiger partial charge in [-0.15, -0.1) is 0 Å². The number of carbonyl (C=O) groups excluding carboxylic acids is 1. The molecule has 0 aliphatic carbocycles. The van der Waals surface area contributed by atoms with Gasteiger partial charge in [-0.25, -0.2) is 4.79 Å². The Balaban J connectivity index is 2.09. The number of anilines is 1. The minimum atomic E-state index is -0.494. The van der Waals surface area contributed by atoms with Crippen LogP contribution in [0.25, 0.3) is 11.0 Å². The van der Waals surface area contributed by atoms with Crippen molar-refractivity contribution in [2.45, 2.75) is 13.3 Å². The van der Waals surface area contributed by atoms with Crippen molar-refractivity contribution >= 4 is 39.9 Å². The number of thiocarbonyl (C=S) groups is 1. The molecule has 0 fully saturated rings. The van der Waals surface area contributed by atoms with Crippen LogP contribution in [0.5, 0.6) is 0 Å². The van der Waals surface area contributed by atoms with E-state index in [1.165, 1.54) is 6.07 Å². The maximum atomic E-state index is 11.4. The van der Waals surface area contributed by atoms with Crippen LogP contribution in [0.4, 0.5) is 5.69 Å². The number of hydrazine groups is 1. The van der Waals surface area contributed by atoms with Gasteiger partial charge in [0.2, 0.25) is 0 Å². The van der Waals surface area contributed by atoms with E-state index in [2.05, 4.69) is 16.2 Å². The molecule has 2 aromatic rings. The topological polar surface area (TPSA) is 107 Å². The molecule has 1 aromatic carbocycles. The fourth-order valence-corrected chi connectivity index (χ4v) is 1.98. The first kappa shape index (κ1) is 15.5. The first-order chi connectivity index (χ1) is 10.5. The van der Waals surface area contributed by atoms with Gasteiger partial charge in [0, 0.05) is 23.2 Å². The van der Waals surface area contributed by atoms with Crippen molar-refractivity contribution in [3.63, 3.8) is 0 Å². The summed E-state index contributed by atoms with van der Waals surface area (Å²) in [7, 11) is 0. The molecule has 22 heavy (non-hydrogen) atoms. The molecule has 8 heteroatoms. The van der Waals surface area contributed by atoms with Gasteiger partial charge in [-0.05, 0) is 36.8 Å². The van der Waals surface area contributed by atoms with Crippen molar-refractivity contribution in [2.24, 2.45) is 0 Å². The van der Waals surface area contributed by atoms with Crippen LogP contribution >= 0.6 is 12.2 Å². The zero-order valence-corrected chi connectivity index (χ0v) is 12.4. The molecule has 0 saturated carbocycles. The number of fused-ring (bicyclic) bond motifs is 1. The number of nitrogens with zero attached hydrogens (tertiary/aromatic N) is 1. The third-order valence-corrected chi connectivity index (χ3v) is 2.97. The normalized spacial score (nSPS) is 9.82. The maximum Gasteiger partial charge on any atom is 0.336 e. The Labute approximate surface area is 130 Å². The standard InChI is InChI=1S/C14H12N4O3S/c1-8-6-13(20)21-11-7-9(2-3-10(8)11)16-14(22)18-17-12(19)4-5-15/h2-3,6-7H,4H2,1H3,(H,17,19)(H2,16,18,22). The average molecular weight is 316 g/mol. The highest BCUT2D eigenvalue weighted by Gasteiger charge is 2.05. The van der Waals surface area contributed by atoms with E-state index in [1.54, 1.807) is 24.3 Å². The van der Waals surface area contributed by atoms with Crippen molar-refractivity contribution in [1.82, 2.24) is 10.9 Å². The van der Waals surface area contributed by atoms with Crippen molar-refractivity contribution in [3.05, 3.63) is 40.2 Å². The highest BCUT2D eigenvalue weighted by atomic mass is 32.1. The fraction of sp³-hybridized carbons (Fsp3) is 0.143. The summed E-state index contributed by atoms with van der Waals surface area (Å²) in [6, 6.07) is 8.33. The van der Waals surface area contributed by atoms with Crippen LogP contribution in [-0.4, -0.2) is 11.0 Å². The second-order valence-electron chi connectivity index (χ2n) is 4.42. The summed E-state index contributed by atoms with van der Waals surface area (Å²) in [5.41, 5.74) is 6.16. The third-order valence-electron chi connectivity index (χ3n) is 2.76. The number of nitriles is 1. The Hall–Kier alpha value is -2.92. The van der Waals surface area contributed by atoms with E-state index in [0.717, 1.165) is 10.9 Å². The molecule has 0 aliphatic rings. The van der Waals surface area contributed by atoms with Crippen LogP contribution in [0.15, 0.2) is 33.5 Å². The molecule has 0 unspecified atom stereocenters. The van der Waals surface area contributed by atoms with E-state index in [-0.39, 0.29) is 11.5 Å². The molecule has 1 heterocycles. The molecular weight excluding hydrogens is 304 g/mol. The minimum absolute atomic E-state index is 0.139. The lowest BCUT2D eigenvalue weighted by Crippen LogP contribution is -2.43. The molecule has 0 bridgehead atoms. The molecule has 112 valence electrons. The van der Waals surface area contributed by atoms with E-state index < -0.39 is 11.5 Å². The van der Waals surface area contributed by atoms with Gasteiger partial charge >= 0.3 is 5.63 Å². The molecule has 3 N–H and O–H groups in total. The molecule has 0 radical (unpaired) electrons. The first-order valence-electron chi connectivity index (χ1n) is 6.27. The quantitative estimate of drug-likeness (QED) is 0.436. The molecule has 7 nitrogen and oxygen atoms in total. The third kappa shape index (κ3) is 3.80. The number of amides is 1. The Kier molecular flexibility index (Phi) is 4.70. The van der Waals surface area contributed by atoms with Gasteiger partial charge in [-0.2, -0.15) is 5.26 Å². The number of hydrogen-bond acceptors (Lipinski definition) is 5. The number of rotatable bonds is 2. The number of aryl methyl sites for hydroxylation is 1. The van der Waals surface area contributed by atoms with Gasteiger partial charge in [0.1, 0.15) is 12.0 Å². The Morgan fingerprint density at radius 1 is 1.36 bits per heavy atom. The zero-order valence-electron chi connectivity index (χ0n) is 11.6. The van der Waals surface area contributed by atoms with Crippen LogP contribution < -0.4 is 21.8 Å². The van der Waals surface area contributed by atoms with E-state index in [0.29, 0.717) is 11.3 Å². The Morgan fingerprint density at radius 3 is 2.86 bits per heavy atom. The second-order valence-corrected chi connectivity index (χ2v) is 4.83. The van der Waals surface area contributed by atoms with Crippen LogP contribution in [-0.2, 0) is 4.79 Å². The summed E-state index contributed by atoms with van der Waals surface area (Å²) in [5, 5.41) is 12.2. The van der Waals surface area contributed by atoms with E-state index in [1.807, 2.05) is 6.92 Å². The summed E-state index contributed by atoms with van der Waals surface area (Å²) >= 11 is 5.00. The van der Waals surface area contributed by atoms with Crippen LogP contribution in [0.2, 0.25) is 0 Å². The average Bonchev–Trinajstić information content (AvgIpc) is 2.45. The first-order valence-corrected chi connectivity index (χ1v) is 6.67. The second kappa shape index (κ2) is 6.69. The van der Waals surface area contributed by atoms with E-state index in [9.17, 15) is 9.59 Å². The number of benzene rings is 1. The summed E-state index contributed by atoms with van der Waals surface area (Å²) in [4.78, 5) is 22.5. The lowest BCUT2D eigenvalue weighted by molar-refractivity contribution is -0.120. The molecular formula is C14H12N4O3S. The highest BCUT2D eigenvalue weighted by Crippen LogP contribution is 2.20. The number of carbonyl (C=O) groups is 1. The summed E-state index contributed by atoms with van der Waals surface area (Å²) in [6.07, 6.45) is -0.268. The predicted octanol–water partition coefficient (Wildman–Crippen LogP) is 1.33. The SMILES string of the molecule is Cc1cc(=O)oc2cc(NC(=S)NNC(=O)CC#N)ccc12. The maximum absolute atomic E-state index is 11.4. The van der Waals surface area contributed by atoms with Gasteiger partial charge in [-0.3, -0.25) is 15.6 Å². The molecule has 0 saturated heterocycles. The van der Waals surface area contributed by atoms with E-state index >= 15 is 0 Å². The molecule has 1 amide bonds. The molecule has 2 rings (SSSR count). The Morgan fingerprint density at radius 2 is 2.14 bits per heavy atom. The largest absolute Gasteiger partial charge is 0.423 e. The highest BCUT2D eigenvalue weighted by molar-refractivity contribution is 7.80. The monoisotopic (exact) mass is 316 g/mol. The van der Waals surface area contributed by atoms with Crippen LogP contribution in [0, 0.1) is 18.3 Å². The minimum Gasteiger partial charge on any atom is -0.423 e.